The number of hydrogen-bond acceptors (Lipinski definition) is 3. The van der Waals surface area contributed by atoms with Gasteiger partial charge < -0.3 is 15.0 Å². The summed E-state index contributed by atoms with van der Waals surface area (Å²) in [6, 6.07) is 0. The van der Waals surface area contributed by atoms with Crippen molar-refractivity contribution >= 4 is 0 Å². The highest BCUT2D eigenvalue weighted by atomic mass is 16.5. The van der Waals surface area contributed by atoms with Crippen LogP contribution in [0.25, 0.3) is 0 Å². The predicted octanol–water partition coefficient (Wildman–Crippen LogP) is 1.34. The van der Waals surface area contributed by atoms with Crippen molar-refractivity contribution in [2.75, 3.05) is 39.8 Å². The highest BCUT2D eigenvalue weighted by Gasteiger charge is 2.13. The second kappa shape index (κ2) is 7.20. The van der Waals surface area contributed by atoms with E-state index in [1.54, 1.807) is 0 Å². The number of nitrogens with zero attached hydrogens (tertiary/aromatic N) is 1. The molecule has 15 heavy (non-hydrogen) atoms. The van der Waals surface area contributed by atoms with Crippen molar-refractivity contribution in [2.45, 2.75) is 32.8 Å². The van der Waals surface area contributed by atoms with Gasteiger partial charge in [-0.3, -0.25) is 0 Å². The quantitative estimate of drug-likeness (QED) is 0.722. The molecule has 0 saturated carbocycles. The van der Waals surface area contributed by atoms with Crippen molar-refractivity contribution in [2.24, 2.45) is 5.92 Å². The minimum absolute atomic E-state index is 0.499. The van der Waals surface area contributed by atoms with Crippen LogP contribution in [0.2, 0.25) is 0 Å². The third kappa shape index (κ3) is 6.13. The maximum Gasteiger partial charge on any atom is 0.0600 e. The van der Waals surface area contributed by atoms with Crippen molar-refractivity contribution in [3.8, 4) is 0 Å². The lowest BCUT2D eigenvalue weighted by Gasteiger charge is -2.25. The lowest BCUT2D eigenvalue weighted by atomic mass is 10.1. The molecule has 3 nitrogen and oxygen atoms in total. The molecule has 0 aromatic heterocycles. The van der Waals surface area contributed by atoms with Gasteiger partial charge in [0, 0.05) is 13.1 Å². The number of ether oxygens (including phenoxy) is 1. The van der Waals surface area contributed by atoms with Crippen molar-refractivity contribution in [3.05, 3.63) is 0 Å². The first kappa shape index (κ1) is 12.9. The van der Waals surface area contributed by atoms with Gasteiger partial charge in [0.15, 0.2) is 0 Å². The third-order valence-corrected chi connectivity index (χ3v) is 2.79. The fraction of sp³-hybridized carbons (Fsp3) is 1.00. The minimum atomic E-state index is 0.499. The van der Waals surface area contributed by atoms with Gasteiger partial charge in [0.2, 0.25) is 0 Å². The summed E-state index contributed by atoms with van der Waals surface area (Å²) >= 11 is 0. The number of hydrogen-bond donors (Lipinski definition) is 1. The number of nitrogens with one attached hydrogen (secondary N) is 1. The van der Waals surface area contributed by atoms with E-state index in [9.17, 15) is 0 Å². The summed E-state index contributed by atoms with van der Waals surface area (Å²) in [5, 5.41) is 3.35. The van der Waals surface area contributed by atoms with Crippen LogP contribution >= 0.6 is 0 Å². The zero-order valence-corrected chi connectivity index (χ0v) is 10.5. The fourth-order valence-corrected chi connectivity index (χ4v) is 2.05. The Morgan fingerprint density at radius 2 is 2.00 bits per heavy atom. The summed E-state index contributed by atoms with van der Waals surface area (Å²) in [6.45, 7) is 9.85. The molecule has 0 aromatic rings. The minimum Gasteiger partial charge on any atom is -0.377 e. The summed E-state index contributed by atoms with van der Waals surface area (Å²) in [5.41, 5.74) is 0. The highest BCUT2D eigenvalue weighted by Crippen LogP contribution is 2.06. The van der Waals surface area contributed by atoms with Crippen LogP contribution in [0.5, 0.6) is 0 Å². The molecule has 1 N–H and O–H groups in total. The monoisotopic (exact) mass is 214 g/mol. The topological polar surface area (TPSA) is 24.5 Å². The second-order valence-corrected chi connectivity index (χ2v) is 4.98. The Morgan fingerprint density at radius 3 is 2.60 bits per heavy atom. The largest absolute Gasteiger partial charge is 0.377 e. The molecular formula is C12H26N2O. The van der Waals surface area contributed by atoms with Gasteiger partial charge in [0.05, 0.1) is 12.7 Å². The molecule has 1 saturated heterocycles. The van der Waals surface area contributed by atoms with Gasteiger partial charge in [-0.05, 0) is 38.9 Å². The summed E-state index contributed by atoms with van der Waals surface area (Å²) in [5.74, 6) is 0.744. The van der Waals surface area contributed by atoms with Gasteiger partial charge in [-0.2, -0.15) is 0 Å². The van der Waals surface area contributed by atoms with E-state index in [1.807, 2.05) is 0 Å². The van der Waals surface area contributed by atoms with Crippen molar-refractivity contribution in [3.63, 3.8) is 0 Å². The molecule has 0 radical (unpaired) electrons. The molecule has 1 aliphatic rings. The van der Waals surface area contributed by atoms with E-state index in [0.717, 1.165) is 38.7 Å². The molecular weight excluding hydrogens is 188 g/mol. The van der Waals surface area contributed by atoms with E-state index in [2.05, 4.69) is 31.1 Å². The van der Waals surface area contributed by atoms with E-state index in [-0.39, 0.29) is 0 Å². The van der Waals surface area contributed by atoms with Gasteiger partial charge in [-0.1, -0.05) is 13.8 Å². The maximum absolute atomic E-state index is 5.85. The van der Waals surface area contributed by atoms with Crippen molar-refractivity contribution in [1.29, 1.82) is 0 Å². The summed E-state index contributed by atoms with van der Waals surface area (Å²) in [6.07, 6.45) is 2.85. The molecule has 0 amide bonds. The van der Waals surface area contributed by atoms with Crippen LogP contribution in [0.3, 0.4) is 0 Å². The molecule has 0 aliphatic carbocycles. The fourth-order valence-electron chi connectivity index (χ4n) is 2.05. The standard InChI is InChI=1S/C12H26N2O/c1-11(2)10-14(3)8-9-15-12-4-6-13-7-5-12/h11-13H,4-10H2,1-3H3. The Bertz CT molecular complexity index is 156. The first-order valence-corrected chi connectivity index (χ1v) is 6.19. The summed E-state index contributed by atoms with van der Waals surface area (Å²) in [7, 11) is 2.17. The maximum atomic E-state index is 5.85. The molecule has 0 aromatic carbocycles. The Morgan fingerprint density at radius 1 is 1.33 bits per heavy atom. The van der Waals surface area contributed by atoms with Crippen molar-refractivity contribution in [1.82, 2.24) is 10.2 Å². The molecule has 1 rings (SSSR count). The summed E-state index contributed by atoms with van der Waals surface area (Å²) in [4.78, 5) is 2.35. The molecule has 0 unspecified atom stereocenters. The van der Waals surface area contributed by atoms with Crippen molar-refractivity contribution < 1.29 is 4.74 Å². The molecule has 1 aliphatic heterocycles. The van der Waals surface area contributed by atoms with E-state index >= 15 is 0 Å². The van der Waals surface area contributed by atoms with E-state index in [4.69, 9.17) is 4.74 Å². The van der Waals surface area contributed by atoms with Gasteiger partial charge in [0.1, 0.15) is 0 Å². The smallest absolute Gasteiger partial charge is 0.0600 e. The van der Waals surface area contributed by atoms with Gasteiger partial charge in [-0.25, -0.2) is 0 Å². The van der Waals surface area contributed by atoms with Crippen LogP contribution in [0.1, 0.15) is 26.7 Å². The molecule has 1 heterocycles. The third-order valence-electron chi connectivity index (χ3n) is 2.79. The van der Waals surface area contributed by atoms with E-state index in [0.29, 0.717) is 6.10 Å². The van der Waals surface area contributed by atoms with Crippen LogP contribution < -0.4 is 5.32 Å². The first-order chi connectivity index (χ1) is 7.18. The molecule has 1 fully saturated rings. The summed E-state index contributed by atoms with van der Waals surface area (Å²) < 4.78 is 5.85. The zero-order valence-electron chi connectivity index (χ0n) is 10.5. The first-order valence-electron chi connectivity index (χ1n) is 6.19. The Kier molecular flexibility index (Phi) is 6.22. The molecule has 90 valence electrons. The van der Waals surface area contributed by atoms with Gasteiger partial charge >= 0.3 is 0 Å². The van der Waals surface area contributed by atoms with Crippen LogP contribution in [-0.2, 0) is 4.74 Å². The molecule has 0 atom stereocenters. The number of likely N-dealkylation sites (N-methyl/N-ethyl adjacent to an activating group) is 1. The SMILES string of the molecule is CC(C)CN(C)CCOC1CCNCC1. The second-order valence-electron chi connectivity index (χ2n) is 4.98. The Hall–Kier alpha value is -0.120. The normalized spacial score (nSPS) is 19.0. The molecule has 3 heteroatoms. The Labute approximate surface area is 94.2 Å². The predicted molar refractivity (Wildman–Crippen MR) is 64.2 cm³/mol. The van der Waals surface area contributed by atoms with Crippen LogP contribution in [0, 0.1) is 5.92 Å². The van der Waals surface area contributed by atoms with E-state index < -0.39 is 0 Å². The zero-order chi connectivity index (χ0) is 11.1. The lowest BCUT2D eigenvalue weighted by molar-refractivity contribution is 0.0221. The molecule has 0 bridgehead atoms. The lowest BCUT2D eigenvalue weighted by Crippen LogP contribution is -2.34. The van der Waals surface area contributed by atoms with Gasteiger partial charge in [0.25, 0.3) is 0 Å². The van der Waals surface area contributed by atoms with Crippen LogP contribution in [0.4, 0.5) is 0 Å². The Balaban J connectivity index is 1.99. The van der Waals surface area contributed by atoms with Crippen LogP contribution in [-0.4, -0.2) is 50.8 Å². The van der Waals surface area contributed by atoms with Crippen LogP contribution in [0.15, 0.2) is 0 Å². The van der Waals surface area contributed by atoms with Gasteiger partial charge in [-0.15, -0.1) is 0 Å². The molecule has 0 spiro atoms. The average molecular weight is 214 g/mol. The number of rotatable bonds is 6. The van der Waals surface area contributed by atoms with E-state index in [1.165, 1.54) is 12.8 Å². The average Bonchev–Trinajstić information content (AvgIpc) is 2.18. The number of piperidine rings is 1. The highest BCUT2D eigenvalue weighted by molar-refractivity contribution is 4.68.